The second-order valence-electron chi connectivity index (χ2n) is 8.08. The monoisotopic (exact) mass is 440 g/mol. The Morgan fingerprint density at radius 3 is 2.70 bits per heavy atom. The largest absolute Gasteiger partial charge is 0.397 e. The number of morpholine rings is 1. The van der Waals surface area contributed by atoms with Crippen molar-refractivity contribution >= 4 is 34.3 Å². The molecule has 1 fully saturated rings. The molecule has 4 aromatic rings. The Morgan fingerprint density at radius 1 is 1.12 bits per heavy atom. The summed E-state index contributed by atoms with van der Waals surface area (Å²) in [5.74, 6) is 1.75. The Bertz CT molecular complexity index is 1380. The number of hydrogen-bond acceptors (Lipinski definition) is 8. The minimum Gasteiger partial charge on any atom is -0.397 e. The van der Waals surface area contributed by atoms with Crippen LogP contribution < -0.4 is 16.0 Å². The van der Waals surface area contributed by atoms with Crippen molar-refractivity contribution in [3.8, 4) is 17.5 Å². The molecule has 0 saturated carbocycles. The zero-order valence-corrected chi connectivity index (χ0v) is 18.5. The fraction of sp³-hybridized carbons (Fsp3) is 0.250. The molecule has 0 radical (unpaired) electrons. The lowest BCUT2D eigenvalue weighted by molar-refractivity contribution is 0.122. The summed E-state index contributed by atoms with van der Waals surface area (Å²) in [4.78, 5) is 19.8. The number of aromatic nitrogens is 4. The van der Waals surface area contributed by atoms with Crippen molar-refractivity contribution in [2.24, 2.45) is 0 Å². The van der Waals surface area contributed by atoms with Gasteiger partial charge in [0.1, 0.15) is 6.07 Å². The van der Waals surface area contributed by atoms with E-state index < -0.39 is 0 Å². The third kappa shape index (κ3) is 3.92. The van der Waals surface area contributed by atoms with Gasteiger partial charge in [0.2, 0.25) is 5.95 Å². The number of anilines is 4. The maximum absolute atomic E-state index is 9.46. The molecule has 33 heavy (non-hydrogen) atoms. The van der Waals surface area contributed by atoms with Crippen LogP contribution in [0.5, 0.6) is 0 Å². The number of ether oxygens (including phenoxy) is 1. The Hall–Kier alpha value is -4.16. The predicted molar refractivity (Wildman–Crippen MR) is 128 cm³/mol. The van der Waals surface area contributed by atoms with Crippen molar-refractivity contribution in [1.82, 2.24) is 19.9 Å². The molecule has 0 aliphatic carbocycles. The second kappa shape index (κ2) is 8.41. The number of aryl methyl sites for hydroxylation is 2. The smallest absolute Gasteiger partial charge is 0.207 e. The van der Waals surface area contributed by atoms with Crippen molar-refractivity contribution in [3.05, 3.63) is 53.1 Å². The van der Waals surface area contributed by atoms with E-state index >= 15 is 0 Å². The van der Waals surface area contributed by atoms with Crippen LogP contribution in [0.2, 0.25) is 0 Å². The number of nitrogens with one attached hydrogen (secondary N) is 2. The second-order valence-corrected chi connectivity index (χ2v) is 8.08. The summed E-state index contributed by atoms with van der Waals surface area (Å²) in [6.07, 6.45) is 0. The number of nitrogen functional groups attached to an aromatic ring is 1. The molecular weight excluding hydrogens is 416 g/mol. The lowest BCUT2D eigenvalue weighted by Crippen LogP contribution is -2.37. The maximum Gasteiger partial charge on any atom is 0.207 e. The first-order chi connectivity index (χ1) is 16.0. The Labute approximate surface area is 191 Å². The van der Waals surface area contributed by atoms with Crippen LogP contribution in [0, 0.1) is 25.2 Å². The van der Waals surface area contributed by atoms with Crippen LogP contribution in [0.4, 0.5) is 23.1 Å². The van der Waals surface area contributed by atoms with Gasteiger partial charge in [-0.1, -0.05) is 18.2 Å². The molecular formula is C24H24N8O. The zero-order valence-electron chi connectivity index (χ0n) is 18.5. The minimum atomic E-state index is 0.377. The van der Waals surface area contributed by atoms with Crippen molar-refractivity contribution in [2.45, 2.75) is 13.8 Å². The van der Waals surface area contributed by atoms with Gasteiger partial charge < -0.3 is 25.7 Å². The van der Waals surface area contributed by atoms with E-state index in [0.29, 0.717) is 71.9 Å². The molecule has 0 unspecified atom stereocenters. The molecule has 9 heteroatoms. The molecule has 5 rings (SSSR count). The van der Waals surface area contributed by atoms with E-state index in [1.165, 1.54) is 0 Å². The van der Waals surface area contributed by atoms with E-state index in [1.54, 1.807) is 6.07 Å². The molecule has 0 atom stereocenters. The number of nitrogens with two attached hydrogens (primary N) is 1. The van der Waals surface area contributed by atoms with Gasteiger partial charge in [-0.2, -0.15) is 5.26 Å². The highest BCUT2D eigenvalue weighted by Crippen LogP contribution is 2.34. The normalized spacial score (nSPS) is 13.8. The third-order valence-electron chi connectivity index (χ3n) is 5.72. The molecule has 0 amide bonds. The topological polar surface area (TPSA) is 129 Å². The van der Waals surface area contributed by atoms with Crippen LogP contribution in [-0.2, 0) is 4.74 Å². The SMILES string of the molecule is Cc1cccc(Nc2nc3c(N4CCOCC4)nc(-c4c(C)ccc(C#N)c4N)nc3[nH]2)c1. The van der Waals surface area contributed by atoms with Crippen molar-refractivity contribution < 1.29 is 4.74 Å². The fourth-order valence-electron chi connectivity index (χ4n) is 4.03. The molecule has 1 saturated heterocycles. The lowest BCUT2D eigenvalue weighted by atomic mass is 10.0. The molecule has 1 aliphatic rings. The van der Waals surface area contributed by atoms with Crippen LogP contribution in [0.3, 0.4) is 0 Å². The third-order valence-corrected chi connectivity index (χ3v) is 5.72. The lowest BCUT2D eigenvalue weighted by Gasteiger charge is -2.28. The van der Waals surface area contributed by atoms with Crippen LogP contribution in [0.15, 0.2) is 36.4 Å². The summed E-state index contributed by atoms with van der Waals surface area (Å²) in [5.41, 5.74) is 12.0. The van der Waals surface area contributed by atoms with E-state index in [0.717, 1.165) is 16.8 Å². The number of nitriles is 1. The van der Waals surface area contributed by atoms with E-state index in [-0.39, 0.29) is 0 Å². The van der Waals surface area contributed by atoms with Crippen LogP contribution in [-0.4, -0.2) is 46.2 Å². The zero-order chi connectivity index (χ0) is 22.9. The summed E-state index contributed by atoms with van der Waals surface area (Å²) in [5, 5.41) is 12.8. The maximum atomic E-state index is 9.46. The molecule has 2 aromatic heterocycles. The average molecular weight is 441 g/mol. The van der Waals surface area contributed by atoms with Gasteiger partial charge in [0.05, 0.1) is 24.5 Å². The van der Waals surface area contributed by atoms with Crippen LogP contribution in [0.25, 0.3) is 22.6 Å². The number of H-pyrrole nitrogens is 1. The van der Waals surface area contributed by atoms with Crippen molar-refractivity contribution in [3.63, 3.8) is 0 Å². The molecule has 2 aromatic carbocycles. The number of fused-ring (bicyclic) bond motifs is 1. The molecule has 3 heterocycles. The van der Waals surface area contributed by atoms with Gasteiger partial charge in [0, 0.05) is 24.3 Å². The summed E-state index contributed by atoms with van der Waals surface area (Å²) in [6, 6.07) is 13.8. The van der Waals surface area contributed by atoms with Crippen LogP contribution >= 0.6 is 0 Å². The number of imidazole rings is 1. The number of aromatic amines is 1. The van der Waals surface area contributed by atoms with Gasteiger partial charge in [-0.15, -0.1) is 0 Å². The van der Waals surface area contributed by atoms with Crippen molar-refractivity contribution in [2.75, 3.05) is 42.3 Å². The molecule has 0 spiro atoms. The standard InChI is InChI=1S/C24H24N8O/c1-14-4-3-5-17(12-14)27-24-28-20-22(31-24)29-21(30-23(20)32-8-10-33-11-9-32)18-15(2)6-7-16(13-25)19(18)26/h3-7,12H,8-11,26H2,1-2H3,(H2,27,28,29,30,31). The quantitative estimate of drug-likeness (QED) is 0.410. The summed E-state index contributed by atoms with van der Waals surface area (Å²) in [6.45, 7) is 6.61. The van der Waals surface area contributed by atoms with E-state index in [2.05, 4.69) is 21.3 Å². The Balaban J connectivity index is 1.67. The highest BCUT2D eigenvalue weighted by molar-refractivity contribution is 5.90. The molecule has 166 valence electrons. The highest BCUT2D eigenvalue weighted by Gasteiger charge is 2.23. The highest BCUT2D eigenvalue weighted by atomic mass is 16.5. The average Bonchev–Trinajstić information content (AvgIpc) is 3.21. The Morgan fingerprint density at radius 2 is 1.94 bits per heavy atom. The predicted octanol–water partition coefficient (Wildman–Crippen LogP) is 3.67. The fourth-order valence-corrected chi connectivity index (χ4v) is 4.03. The Kier molecular flexibility index (Phi) is 5.28. The van der Waals surface area contributed by atoms with E-state index in [1.807, 2.05) is 44.2 Å². The van der Waals surface area contributed by atoms with Gasteiger partial charge in [0.15, 0.2) is 22.8 Å². The van der Waals surface area contributed by atoms with Crippen LogP contribution in [0.1, 0.15) is 16.7 Å². The van der Waals surface area contributed by atoms with Gasteiger partial charge in [0.25, 0.3) is 0 Å². The first kappa shape index (κ1) is 20.7. The summed E-state index contributed by atoms with van der Waals surface area (Å²) < 4.78 is 5.53. The van der Waals surface area contributed by atoms with E-state index in [9.17, 15) is 5.26 Å². The van der Waals surface area contributed by atoms with Crippen molar-refractivity contribution in [1.29, 1.82) is 5.26 Å². The van der Waals surface area contributed by atoms with Gasteiger partial charge in [-0.05, 0) is 43.2 Å². The molecule has 1 aliphatic heterocycles. The number of benzene rings is 2. The number of nitrogens with zero attached hydrogens (tertiary/aromatic N) is 5. The summed E-state index contributed by atoms with van der Waals surface area (Å²) in [7, 11) is 0. The van der Waals surface area contributed by atoms with Gasteiger partial charge in [-0.3, -0.25) is 0 Å². The van der Waals surface area contributed by atoms with E-state index in [4.69, 9.17) is 25.4 Å². The summed E-state index contributed by atoms with van der Waals surface area (Å²) >= 11 is 0. The first-order valence-electron chi connectivity index (χ1n) is 10.8. The van der Waals surface area contributed by atoms with Gasteiger partial charge in [-0.25, -0.2) is 15.0 Å². The molecule has 4 N–H and O–H groups in total. The van der Waals surface area contributed by atoms with Gasteiger partial charge >= 0.3 is 0 Å². The number of hydrogen-bond donors (Lipinski definition) is 3. The number of rotatable bonds is 4. The molecule has 9 nitrogen and oxygen atoms in total. The minimum absolute atomic E-state index is 0.377. The molecule has 0 bridgehead atoms. The first-order valence-corrected chi connectivity index (χ1v) is 10.8.